The Labute approximate surface area is 170 Å². The Kier molecular flexibility index (Phi) is 7.52. The molecule has 0 spiro atoms. The van der Waals surface area contributed by atoms with E-state index in [1.807, 2.05) is 31.2 Å². The van der Waals surface area contributed by atoms with E-state index in [4.69, 9.17) is 4.74 Å². The monoisotopic (exact) mass is 381 g/mol. The van der Waals surface area contributed by atoms with Crippen molar-refractivity contribution in [3.8, 4) is 5.75 Å². The number of benzene rings is 2. The van der Waals surface area contributed by atoms with E-state index < -0.39 is 5.60 Å². The molecule has 3 heteroatoms. The Bertz CT molecular complexity index is 694. The normalized spacial score (nSPS) is 18.4. The maximum absolute atomic E-state index is 12.1. The third-order valence-electron chi connectivity index (χ3n) is 5.96. The molecule has 0 aromatic heterocycles. The van der Waals surface area contributed by atoms with E-state index in [1.165, 1.54) is 24.8 Å². The highest BCUT2D eigenvalue weighted by molar-refractivity contribution is 5.35. The van der Waals surface area contributed by atoms with Crippen molar-refractivity contribution in [2.24, 2.45) is 0 Å². The van der Waals surface area contributed by atoms with Gasteiger partial charge in [-0.2, -0.15) is 0 Å². The number of hydrogen-bond acceptors (Lipinski definition) is 3. The SMILES string of the molecule is CCC[C@@](O)(c1ccc(OCC)cc1)[C@@H](CN1CCCCC1)c1ccccc1. The van der Waals surface area contributed by atoms with Gasteiger partial charge in [0.1, 0.15) is 5.75 Å². The fourth-order valence-corrected chi connectivity index (χ4v) is 4.53. The molecule has 1 fully saturated rings. The van der Waals surface area contributed by atoms with Gasteiger partial charge in [0, 0.05) is 12.5 Å². The van der Waals surface area contributed by atoms with Gasteiger partial charge in [-0.3, -0.25) is 0 Å². The average Bonchev–Trinajstić information content (AvgIpc) is 2.74. The Morgan fingerprint density at radius 1 is 0.964 bits per heavy atom. The molecule has 0 aliphatic carbocycles. The summed E-state index contributed by atoms with van der Waals surface area (Å²) in [5.74, 6) is 0.905. The lowest BCUT2D eigenvalue weighted by Crippen LogP contribution is -2.42. The Balaban J connectivity index is 1.96. The molecule has 2 aromatic carbocycles. The van der Waals surface area contributed by atoms with Crippen LogP contribution >= 0.6 is 0 Å². The Morgan fingerprint density at radius 2 is 1.64 bits per heavy atom. The van der Waals surface area contributed by atoms with Gasteiger partial charge in [0.25, 0.3) is 0 Å². The van der Waals surface area contributed by atoms with Crippen LogP contribution in [-0.2, 0) is 5.60 Å². The summed E-state index contributed by atoms with van der Waals surface area (Å²) in [7, 11) is 0. The minimum Gasteiger partial charge on any atom is -0.494 e. The zero-order chi connectivity index (χ0) is 19.8. The van der Waals surface area contributed by atoms with Gasteiger partial charge in [0.15, 0.2) is 0 Å². The van der Waals surface area contributed by atoms with Gasteiger partial charge in [-0.1, -0.05) is 62.2 Å². The lowest BCUT2D eigenvalue weighted by molar-refractivity contribution is -0.0152. The quantitative estimate of drug-likeness (QED) is 0.636. The van der Waals surface area contributed by atoms with Crippen molar-refractivity contribution in [2.75, 3.05) is 26.2 Å². The summed E-state index contributed by atoms with van der Waals surface area (Å²) in [4.78, 5) is 2.54. The highest BCUT2D eigenvalue weighted by atomic mass is 16.5. The van der Waals surface area contributed by atoms with Gasteiger partial charge in [0.2, 0.25) is 0 Å². The van der Waals surface area contributed by atoms with Gasteiger partial charge in [-0.15, -0.1) is 0 Å². The number of likely N-dealkylation sites (tertiary alicyclic amines) is 1. The number of ether oxygens (including phenoxy) is 1. The molecule has 2 aromatic rings. The van der Waals surface area contributed by atoms with Gasteiger partial charge < -0.3 is 14.7 Å². The molecule has 0 amide bonds. The van der Waals surface area contributed by atoms with Crippen LogP contribution in [0.25, 0.3) is 0 Å². The van der Waals surface area contributed by atoms with E-state index >= 15 is 0 Å². The second-order valence-corrected chi connectivity index (χ2v) is 7.96. The molecule has 1 aliphatic heterocycles. The number of hydrogen-bond donors (Lipinski definition) is 1. The van der Waals surface area contributed by atoms with E-state index in [0.29, 0.717) is 6.61 Å². The zero-order valence-electron chi connectivity index (χ0n) is 17.4. The lowest BCUT2D eigenvalue weighted by atomic mass is 9.74. The Morgan fingerprint density at radius 3 is 2.25 bits per heavy atom. The minimum absolute atomic E-state index is 0.0460. The molecule has 3 rings (SSSR count). The minimum atomic E-state index is -0.891. The number of piperidine rings is 1. The molecular formula is C25H35NO2. The maximum atomic E-state index is 12.1. The molecule has 0 unspecified atom stereocenters. The van der Waals surface area contributed by atoms with Crippen molar-refractivity contribution in [1.82, 2.24) is 4.90 Å². The van der Waals surface area contributed by atoms with Crippen LogP contribution in [0.1, 0.15) is 63.0 Å². The molecule has 1 aliphatic rings. The molecule has 0 saturated carbocycles. The van der Waals surface area contributed by atoms with Gasteiger partial charge in [0.05, 0.1) is 12.2 Å². The van der Waals surface area contributed by atoms with E-state index in [-0.39, 0.29) is 5.92 Å². The summed E-state index contributed by atoms with van der Waals surface area (Å²) in [5.41, 5.74) is 1.32. The van der Waals surface area contributed by atoms with Crippen molar-refractivity contribution in [2.45, 2.75) is 57.5 Å². The smallest absolute Gasteiger partial charge is 0.119 e. The van der Waals surface area contributed by atoms with Crippen LogP contribution in [-0.4, -0.2) is 36.2 Å². The van der Waals surface area contributed by atoms with Crippen molar-refractivity contribution < 1.29 is 9.84 Å². The number of nitrogens with zero attached hydrogens (tertiary/aromatic N) is 1. The molecule has 1 saturated heterocycles. The van der Waals surface area contributed by atoms with Crippen LogP contribution in [0.15, 0.2) is 54.6 Å². The van der Waals surface area contributed by atoms with Gasteiger partial charge >= 0.3 is 0 Å². The number of aliphatic hydroxyl groups is 1. The first-order valence-corrected chi connectivity index (χ1v) is 10.9. The van der Waals surface area contributed by atoms with Crippen LogP contribution in [0.5, 0.6) is 5.75 Å². The lowest BCUT2D eigenvalue weighted by Gasteiger charge is -2.41. The summed E-state index contributed by atoms with van der Waals surface area (Å²) in [6.45, 7) is 7.96. The predicted octanol–water partition coefficient (Wildman–Crippen LogP) is 5.34. The standard InChI is InChI=1S/C25H35NO2/c1-3-17-25(27,22-13-15-23(16-14-22)28-4-2)24(21-11-7-5-8-12-21)20-26-18-9-6-10-19-26/h5,7-8,11-16,24,27H,3-4,6,9-10,17-20H2,1-2H3/t24-,25+/m0/s1. The van der Waals surface area contributed by atoms with Crippen molar-refractivity contribution in [3.63, 3.8) is 0 Å². The third kappa shape index (κ3) is 4.95. The average molecular weight is 382 g/mol. The van der Waals surface area contributed by atoms with Crippen molar-refractivity contribution in [1.29, 1.82) is 0 Å². The van der Waals surface area contributed by atoms with Crippen LogP contribution in [0.2, 0.25) is 0 Å². The van der Waals surface area contributed by atoms with Crippen molar-refractivity contribution >= 4 is 0 Å². The first kappa shape index (κ1) is 20.9. The van der Waals surface area contributed by atoms with Crippen LogP contribution in [0.4, 0.5) is 0 Å². The predicted molar refractivity (Wildman–Crippen MR) is 116 cm³/mol. The van der Waals surface area contributed by atoms with Crippen molar-refractivity contribution in [3.05, 3.63) is 65.7 Å². The van der Waals surface area contributed by atoms with E-state index in [9.17, 15) is 5.11 Å². The molecule has 0 radical (unpaired) electrons. The largest absolute Gasteiger partial charge is 0.494 e. The fraction of sp³-hybridized carbons (Fsp3) is 0.520. The molecular weight excluding hydrogens is 346 g/mol. The summed E-state index contributed by atoms with van der Waals surface area (Å²) < 4.78 is 5.61. The molecule has 0 bridgehead atoms. The third-order valence-corrected chi connectivity index (χ3v) is 5.96. The van der Waals surface area contributed by atoms with Crippen LogP contribution in [0, 0.1) is 0 Å². The summed E-state index contributed by atoms with van der Waals surface area (Å²) in [6, 6.07) is 18.6. The summed E-state index contributed by atoms with van der Waals surface area (Å²) >= 11 is 0. The fourth-order valence-electron chi connectivity index (χ4n) is 4.53. The molecule has 28 heavy (non-hydrogen) atoms. The summed E-state index contributed by atoms with van der Waals surface area (Å²) in [6.07, 6.45) is 5.53. The topological polar surface area (TPSA) is 32.7 Å². The van der Waals surface area contributed by atoms with E-state index in [2.05, 4.69) is 42.2 Å². The first-order valence-electron chi connectivity index (χ1n) is 10.9. The zero-order valence-corrected chi connectivity index (χ0v) is 17.4. The first-order chi connectivity index (χ1) is 13.7. The van der Waals surface area contributed by atoms with Gasteiger partial charge in [-0.05, 0) is 62.5 Å². The second kappa shape index (κ2) is 10.1. The second-order valence-electron chi connectivity index (χ2n) is 7.96. The molecule has 152 valence electrons. The maximum Gasteiger partial charge on any atom is 0.119 e. The Hall–Kier alpha value is -1.84. The number of rotatable bonds is 9. The van der Waals surface area contributed by atoms with Gasteiger partial charge in [-0.25, -0.2) is 0 Å². The molecule has 2 atom stereocenters. The van der Waals surface area contributed by atoms with Crippen LogP contribution in [0.3, 0.4) is 0 Å². The highest BCUT2D eigenvalue weighted by Gasteiger charge is 2.39. The highest BCUT2D eigenvalue weighted by Crippen LogP contribution is 2.42. The molecule has 1 N–H and O–H groups in total. The van der Waals surface area contributed by atoms with Crippen LogP contribution < -0.4 is 4.74 Å². The molecule has 3 nitrogen and oxygen atoms in total. The van der Waals surface area contributed by atoms with E-state index in [0.717, 1.165) is 43.8 Å². The molecule has 1 heterocycles. The van der Waals surface area contributed by atoms with E-state index in [1.54, 1.807) is 0 Å². The summed E-state index contributed by atoms with van der Waals surface area (Å²) in [5, 5.41) is 12.1.